The summed E-state index contributed by atoms with van der Waals surface area (Å²) in [5.41, 5.74) is 1.58. The van der Waals surface area contributed by atoms with Crippen LogP contribution in [0.2, 0.25) is 0 Å². The summed E-state index contributed by atoms with van der Waals surface area (Å²) in [5.74, 6) is 1.34. The third-order valence-electron chi connectivity index (χ3n) is 3.74. The molecule has 1 aliphatic rings. The molecule has 120 valence electrons. The average molecular weight is 312 g/mol. The molecule has 1 heterocycles. The van der Waals surface area contributed by atoms with Crippen molar-refractivity contribution in [3.8, 4) is 0 Å². The van der Waals surface area contributed by atoms with Crippen molar-refractivity contribution in [3.63, 3.8) is 0 Å². The van der Waals surface area contributed by atoms with Gasteiger partial charge in [-0.05, 0) is 18.4 Å². The van der Waals surface area contributed by atoms with Crippen LogP contribution in [0.25, 0.3) is 0 Å². The zero-order valence-electron chi connectivity index (χ0n) is 12.9. The first kappa shape index (κ1) is 15.4. The Morgan fingerprint density at radius 1 is 1.22 bits per heavy atom. The van der Waals surface area contributed by atoms with E-state index in [9.17, 15) is 9.90 Å². The first-order chi connectivity index (χ1) is 11.3. The second-order valence-electron chi connectivity index (χ2n) is 5.67. The lowest BCUT2D eigenvalue weighted by molar-refractivity contribution is 0.185. The SMILES string of the molecule is O=C(Nc1cnc(C2CC2)nc1)N(CCO)Cc1ccccc1. The highest BCUT2D eigenvalue weighted by Crippen LogP contribution is 2.37. The van der Waals surface area contributed by atoms with Crippen LogP contribution in [0.1, 0.15) is 30.1 Å². The predicted molar refractivity (Wildman–Crippen MR) is 87.0 cm³/mol. The molecule has 0 bridgehead atoms. The van der Waals surface area contributed by atoms with Crippen molar-refractivity contribution in [2.24, 2.45) is 0 Å². The molecular formula is C17H20N4O2. The molecule has 0 aliphatic heterocycles. The van der Waals surface area contributed by atoms with Crippen LogP contribution in [-0.4, -0.2) is 39.2 Å². The van der Waals surface area contributed by atoms with Gasteiger partial charge in [-0.15, -0.1) is 0 Å². The van der Waals surface area contributed by atoms with Crippen molar-refractivity contribution in [1.29, 1.82) is 0 Å². The highest BCUT2D eigenvalue weighted by Gasteiger charge is 2.26. The Hall–Kier alpha value is -2.47. The molecule has 2 aromatic rings. The number of aromatic nitrogens is 2. The minimum atomic E-state index is -0.273. The lowest BCUT2D eigenvalue weighted by Gasteiger charge is -2.22. The summed E-state index contributed by atoms with van der Waals surface area (Å²) in [4.78, 5) is 22.5. The summed E-state index contributed by atoms with van der Waals surface area (Å²) in [7, 11) is 0. The van der Waals surface area contributed by atoms with Crippen molar-refractivity contribution in [3.05, 3.63) is 54.1 Å². The van der Waals surface area contributed by atoms with E-state index in [4.69, 9.17) is 0 Å². The molecule has 1 aliphatic carbocycles. The smallest absolute Gasteiger partial charge is 0.322 e. The second kappa shape index (κ2) is 7.19. The molecule has 3 rings (SSSR count). The summed E-state index contributed by atoms with van der Waals surface area (Å²) in [5, 5.41) is 12.0. The molecule has 6 nitrogen and oxygen atoms in total. The molecule has 0 spiro atoms. The number of aliphatic hydroxyl groups is 1. The predicted octanol–water partition coefficient (Wildman–Crippen LogP) is 2.38. The van der Waals surface area contributed by atoms with Gasteiger partial charge >= 0.3 is 6.03 Å². The maximum absolute atomic E-state index is 12.4. The number of carbonyl (C=O) groups is 1. The fraction of sp³-hybridized carbons (Fsp3) is 0.353. The van der Waals surface area contributed by atoms with E-state index in [0.29, 0.717) is 18.2 Å². The van der Waals surface area contributed by atoms with Crippen LogP contribution in [0.15, 0.2) is 42.7 Å². The zero-order chi connectivity index (χ0) is 16.1. The fourth-order valence-electron chi connectivity index (χ4n) is 2.33. The van der Waals surface area contributed by atoms with Gasteiger partial charge in [0, 0.05) is 19.0 Å². The Labute approximate surface area is 135 Å². The van der Waals surface area contributed by atoms with Gasteiger partial charge in [-0.3, -0.25) is 0 Å². The summed E-state index contributed by atoms with van der Waals surface area (Å²) in [6.07, 6.45) is 5.57. The Morgan fingerprint density at radius 2 is 1.91 bits per heavy atom. The van der Waals surface area contributed by atoms with Crippen LogP contribution < -0.4 is 5.32 Å². The zero-order valence-corrected chi connectivity index (χ0v) is 12.9. The molecule has 0 atom stereocenters. The van der Waals surface area contributed by atoms with Crippen molar-refractivity contribution in [1.82, 2.24) is 14.9 Å². The number of hydrogen-bond acceptors (Lipinski definition) is 4. The molecule has 1 fully saturated rings. The number of anilines is 1. The Balaban J connectivity index is 1.63. The van der Waals surface area contributed by atoms with Crippen LogP contribution in [0.4, 0.5) is 10.5 Å². The number of carbonyl (C=O) groups excluding carboxylic acids is 1. The van der Waals surface area contributed by atoms with E-state index < -0.39 is 0 Å². The standard InChI is InChI=1S/C17H20N4O2/c22-9-8-21(12-13-4-2-1-3-5-13)17(23)20-15-10-18-16(19-11-15)14-6-7-14/h1-5,10-11,14,22H,6-9,12H2,(H,20,23). The number of hydrogen-bond donors (Lipinski definition) is 2. The molecule has 0 unspecified atom stereocenters. The second-order valence-corrected chi connectivity index (χ2v) is 5.67. The lowest BCUT2D eigenvalue weighted by Crippen LogP contribution is -2.36. The topological polar surface area (TPSA) is 78.4 Å². The summed E-state index contributed by atoms with van der Waals surface area (Å²) in [6, 6.07) is 9.41. The van der Waals surface area contributed by atoms with Gasteiger partial charge in [-0.25, -0.2) is 14.8 Å². The lowest BCUT2D eigenvalue weighted by atomic mass is 10.2. The first-order valence-electron chi connectivity index (χ1n) is 7.79. The molecule has 0 radical (unpaired) electrons. The Bertz CT molecular complexity index is 641. The molecule has 1 aromatic heterocycles. The van der Waals surface area contributed by atoms with Crippen LogP contribution in [-0.2, 0) is 6.54 Å². The summed E-state index contributed by atoms with van der Waals surface area (Å²) >= 11 is 0. The minimum Gasteiger partial charge on any atom is -0.395 e. The minimum absolute atomic E-state index is 0.0859. The molecule has 2 amide bonds. The highest BCUT2D eigenvalue weighted by molar-refractivity contribution is 5.88. The van der Waals surface area contributed by atoms with Gasteiger partial charge in [0.15, 0.2) is 0 Å². The van der Waals surface area contributed by atoms with E-state index in [1.54, 1.807) is 17.3 Å². The van der Waals surface area contributed by atoms with Gasteiger partial charge < -0.3 is 15.3 Å². The Kier molecular flexibility index (Phi) is 4.83. The summed E-state index contributed by atoms with van der Waals surface area (Å²) < 4.78 is 0. The van der Waals surface area contributed by atoms with Gasteiger partial charge in [0.05, 0.1) is 24.7 Å². The van der Waals surface area contributed by atoms with Crippen LogP contribution >= 0.6 is 0 Å². The van der Waals surface area contributed by atoms with Crippen LogP contribution in [0, 0.1) is 0 Å². The normalized spacial score (nSPS) is 13.6. The molecule has 1 aromatic carbocycles. The van der Waals surface area contributed by atoms with E-state index in [2.05, 4.69) is 15.3 Å². The number of urea groups is 1. The molecule has 23 heavy (non-hydrogen) atoms. The van der Waals surface area contributed by atoms with E-state index in [1.165, 1.54) is 0 Å². The number of amides is 2. The maximum atomic E-state index is 12.4. The monoisotopic (exact) mass is 312 g/mol. The Morgan fingerprint density at radius 3 is 2.52 bits per heavy atom. The third kappa shape index (κ3) is 4.26. The first-order valence-corrected chi connectivity index (χ1v) is 7.79. The van der Waals surface area contributed by atoms with Crippen molar-refractivity contribution in [2.45, 2.75) is 25.3 Å². The van der Waals surface area contributed by atoms with Gasteiger partial charge in [-0.2, -0.15) is 0 Å². The van der Waals surface area contributed by atoms with Gasteiger partial charge in [0.2, 0.25) is 0 Å². The average Bonchev–Trinajstić information content (AvgIpc) is 3.41. The number of benzene rings is 1. The van der Waals surface area contributed by atoms with Crippen LogP contribution in [0.3, 0.4) is 0 Å². The number of nitrogens with zero attached hydrogens (tertiary/aromatic N) is 3. The van der Waals surface area contributed by atoms with E-state index in [-0.39, 0.29) is 19.2 Å². The largest absolute Gasteiger partial charge is 0.395 e. The molecule has 1 saturated carbocycles. The molecule has 2 N–H and O–H groups in total. The molecular weight excluding hydrogens is 292 g/mol. The van der Waals surface area contributed by atoms with Crippen molar-refractivity contribution >= 4 is 11.7 Å². The number of nitrogens with one attached hydrogen (secondary N) is 1. The van der Waals surface area contributed by atoms with Crippen molar-refractivity contribution < 1.29 is 9.90 Å². The number of aliphatic hydroxyl groups excluding tert-OH is 1. The quantitative estimate of drug-likeness (QED) is 0.858. The highest BCUT2D eigenvalue weighted by atomic mass is 16.3. The van der Waals surface area contributed by atoms with Crippen molar-refractivity contribution in [2.75, 3.05) is 18.5 Å². The van der Waals surface area contributed by atoms with Crippen LogP contribution in [0.5, 0.6) is 0 Å². The van der Waals surface area contributed by atoms with E-state index in [1.807, 2.05) is 30.3 Å². The number of rotatable bonds is 6. The fourth-order valence-corrected chi connectivity index (χ4v) is 2.33. The van der Waals surface area contributed by atoms with Gasteiger partial charge in [-0.1, -0.05) is 30.3 Å². The third-order valence-corrected chi connectivity index (χ3v) is 3.74. The van der Waals surface area contributed by atoms with Gasteiger partial charge in [0.25, 0.3) is 0 Å². The van der Waals surface area contributed by atoms with E-state index in [0.717, 1.165) is 24.2 Å². The van der Waals surface area contributed by atoms with Gasteiger partial charge in [0.1, 0.15) is 5.82 Å². The van der Waals surface area contributed by atoms with E-state index >= 15 is 0 Å². The molecule has 6 heteroatoms. The molecule has 0 saturated heterocycles. The summed E-state index contributed by atoms with van der Waals surface area (Å²) in [6.45, 7) is 0.618. The maximum Gasteiger partial charge on any atom is 0.322 e.